The smallest absolute Gasteiger partial charge is 0.387 e. The fourth-order valence-electron chi connectivity index (χ4n) is 7.93. The molecule has 9 rings (SSSR count). The molecule has 0 radical (unpaired) electrons. The topological polar surface area (TPSA) is 68.5 Å². The van der Waals surface area contributed by atoms with Crippen LogP contribution in [0.3, 0.4) is 0 Å². The zero-order valence-corrected chi connectivity index (χ0v) is 23.7. The highest BCUT2D eigenvalue weighted by Gasteiger charge is 2.73. The van der Waals surface area contributed by atoms with E-state index in [0.29, 0.717) is 37.3 Å². The highest BCUT2D eigenvalue weighted by Crippen LogP contribution is 2.70. The Morgan fingerprint density at radius 3 is 2.21 bits per heavy atom. The second-order valence-electron chi connectivity index (χ2n) is 13.4. The van der Waals surface area contributed by atoms with E-state index in [1.807, 2.05) is 29.2 Å². The third kappa shape index (κ3) is 4.79. The molecule has 1 amide bonds. The number of carbonyl (C=O) groups is 1. The number of rotatable bonds is 9. The van der Waals surface area contributed by atoms with Gasteiger partial charge in [0.05, 0.1) is 5.41 Å². The summed E-state index contributed by atoms with van der Waals surface area (Å²) in [5.74, 6) is -3.54. The molecule has 228 valence electrons. The molecule has 2 aromatic carbocycles. The summed E-state index contributed by atoms with van der Waals surface area (Å²) >= 11 is 0. The molecule has 6 nitrogen and oxygen atoms in total. The Bertz CT molecular complexity index is 1510. The monoisotopic (exact) mass is 601 g/mol. The number of anilines is 1. The zero-order valence-electron chi connectivity index (χ0n) is 23.7. The first kappa shape index (κ1) is 28.3. The summed E-state index contributed by atoms with van der Waals surface area (Å²) in [5, 5.41) is 3.94. The number of hydrogen-bond acceptors (Lipinski definition) is 5. The van der Waals surface area contributed by atoms with Crippen molar-refractivity contribution >= 4 is 11.6 Å². The number of aromatic nitrogens is 2. The van der Waals surface area contributed by atoms with Crippen molar-refractivity contribution in [3.05, 3.63) is 60.2 Å². The molecule has 6 aliphatic carbocycles. The number of nitrogens with zero attached hydrogens (tertiary/aromatic N) is 3. The van der Waals surface area contributed by atoms with Crippen molar-refractivity contribution in [3.8, 4) is 16.9 Å². The van der Waals surface area contributed by atoms with Crippen molar-refractivity contribution in [1.29, 1.82) is 0 Å². The van der Waals surface area contributed by atoms with E-state index in [4.69, 9.17) is 4.52 Å². The van der Waals surface area contributed by atoms with Gasteiger partial charge in [0.25, 0.3) is 5.89 Å². The number of benzene rings is 2. The predicted molar refractivity (Wildman–Crippen MR) is 147 cm³/mol. The Kier molecular flexibility index (Phi) is 6.25. The van der Waals surface area contributed by atoms with Crippen LogP contribution in [0.25, 0.3) is 11.1 Å². The second-order valence-corrected chi connectivity index (χ2v) is 13.4. The van der Waals surface area contributed by atoms with Gasteiger partial charge in [0, 0.05) is 24.6 Å². The van der Waals surface area contributed by atoms with Crippen LogP contribution in [-0.4, -0.2) is 34.9 Å². The standard InChI is InChI=1S/C32H32F5N3O3/c1-28(35,36)25-38-24(39-43-25)30-12-9-29(10-13-30,11-14-30)19-40(26(41)31-16-32(37,17-31)18-31)22-4-2-3-21(15-22)20-5-7-23(8-6-20)42-27(33)34/h2-8,15,27H,9-14,16-19H2,1H3. The molecule has 6 aliphatic rings. The third-order valence-corrected chi connectivity index (χ3v) is 10.4. The fourth-order valence-corrected chi connectivity index (χ4v) is 7.93. The minimum Gasteiger partial charge on any atom is -0.435 e. The molecule has 0 N–H and O–H groups in total. The Hall–Kier alpha value is -3.50. The van der Waals surface area contributed by atoms with E-state index in [-0.39, 0.29) is 36.3 Å². The van der Waals surface area contributed by atoms with Crippen LogP contribution in [0.4, 0.5) is 27.6 Å². The highest BCUT2D eigenvalue weighted by molar-refractivity contribution is 6.00. The number of halogens is 5. The summed E-state index contributed by atoms with van der Waals surface area (Å²) in [5.41, 5.74) is -0.203. The second kappa shape index (κ2) is 9.50. The summed E-state index contributed by atoms with van der Waals surface area (Å²) in [4.78, 5) is 20.0. The summed E-state index contributed by atoms with van der Waals surface area (Å²) < 4.78 is 76.7. The summed E-state index contributed by atoms with van der Waals surface area (Å²) in [6.45, 7) is -1.70. The quantitative estimate of drug-likeness (QED) is 0.233. The molecule has 1 aromatic heterocycles. The number of carbonyl (C=O) groups excluding carboxylic acids is 1. The van der Waals surface area contributed by atoms with Gasteiger partial charge >= 0.3 is 12.5 Å². The van der Waals surface area contributed by atoms with Crippen LogP contribution in [0.15, 0.2) is 53.1 Å². The lowest BCUT2D eigenvalue weighted by Gasteiger charge is -2.65. The van der Waals surface area contributed by atoms with Gasteiger partial charge in [-0.2, -0.15) is 22.5 Å². The molecule has 43 heavy (non-hydrogen) atoms. The van der Waals surface area contributed by atoms with Gasteiger partial charge in [-0.1, -0.05) is 29.4 Å². The summed E-state index contributed by atoms with van der Waals surface area (Å²) in [6, 6.07) is 13.9. The SMILES string of the molecule is CC(F)(F)c1nc(C23CCC(CN(C(=O)C45CC(F)(C4)C5)c4cccc(-c5ccc(OC(F)F)cc5)c4)(CC2)CC3)no1. The Morgan fingerprint density at radius 2 is 1.65 bits per heavy atom. The maximum atomic E-state index is 14.5. The van der Waals surface area contributed by atoms with E-state index in [1.165, 1.54) is 12.1 Å². The van der Waals surface area contributed by atoms with Crippen LogP contribution in [-0.2, 0) is 16.1 Å². The van der Waals surface area contributed by atoms with Crippen molar-refractivity contribution in [2.75, 3.05) is 11.4 Å². The number of alkyl halides is 5. The molecule has 0 spiro atoms. The van der Waals surface area contributed by atoms with E-state index in [1.54, 1.807) is 12.1 Å². The maximum Gasteiger partial charge on any atom is 0.387 e. The fraction of sp³-hybridized carbons (Fsp3) is 0.531. The molecule has 0 aliphatic heterocycles. The minimum absolute atomic E-state index is 0.0562. The van der Waals surface area contributed by atoms with E-state index in [0.717, 1.165) is 37.3 Å². The maximum absolute atomic E-state index is 14.5. The van der Waals surface area contributed by atoms with Gasteiger partial charge in [0.15, 0.2) is 5.82 Å². The van der Waals surface area contributed by atoms with Gasteiger partial charge in [0.1, 0.15) is 11.4 Å². The van der Waals surface area contributed by atoms with E-state index in [2.05, 4.69) is 14.9 Å². The van der Waals surface area contributed by atoms with Crippen molar-refractivity contribution in [2.45, 2.75) is 88.3 Å². The molecule has 0 atom stereocenters. The van der Waals surface area contributed by atoms with Crippen molar-refractivity contribution < 1.29 is 36.0 Å². The number of fused-ring (bicyclic) bond motifs is 3. The predicted octanol–water partition coefficient (Wildman–Crippen LogP) is 7.97. The Balaban J connectivity index is 1.14. The number of amides is 1. The molecule has 11 heteroatoms. The Morgan fingerprint density at radius 1 is 1.00 bits per heavy atom. The number of ether oxygens (including phenoxy) is 1. The molecule has 3 aromatic rings. The third-order valence-electron chi connectivity index (χ3n) is 10.4. The molecule has 1 heterocycles. The van der Waals surface area contributed by atoms with Crippen LogP contribution < -0.4 is 9.64 Å². The van der Waals surface area contributed by atoms with Crippen molar-refractivity contribution in [1.82, 2.24) is 10.1 Å². The first-order valence-corrected chi connectivity index (χ1v) is 14.7. The molecular formula is C32H32F5N3O3. The van der Waals surface area contributed by atoms with Gasteiger partial charge < -0.3 is 14.2 Å². The molecule has 4 bridgehead atoms. The molecule has 0 saturated heterocycles. The first-order chi connectivity index (χ1) is 20.3. The number of hydrogen-bond donors (Lipinski definition) is 0. The molecule has 0 unspecified atom stereocenters. The van der Waals surface area contributed by atoms with E-state index < -0.39 is 34.9 Å². The van der Waals surface area contributed by atoms with Crippen LogP contribution in [0.2, 0.25) is 0 Å². The average Bonchev–Trinajstić information content (AvgIpc) is 3.47. The van der Waals surface area contributed by atoms with E-state index in [9.17, 15) is 26.7 Å². The van der Waals surface area contributed by atoms with Crippen LogP contribution in [0.1, 0.15) is 76.4 Å². The summed E-state index contributed by atoms with van der Waals surface area (Å²) in [7, 11) is 0. The average molecular weight is 602 g/mol. The first-order valence-electron chi connectivity index (χ1n) is 14.7. The van der Waals surface area contributed by atoms with Gasteiger partial charge in [0.2, 0.25) is 5.91 Å². The summed E-state index contributed by atoms with van der Waals surface area (Å²) in [6.07, 6.45) is 5.17. The van der Waals surface area contributed by atoms with Crippen LogP contribution in [0.5, 0.6) is 5.75 Å². The van der Waals surface area contributed by atoms with Crippen molar-refractivity contribution in [2.24, 2.45) is 10.8 Å². The van der Waals surface area contributed by atoms with Crippen LogP contribution in [0, 0.1) is 10.8 Å². The largest absolute Gasteiger partial charge is 0.435 e. The van der Waals surface area contributed by atoms with Gasteiger partial charge in [-0.3, -0.25) is 4.79 Å². The lowest BCUT2D eigenvalue weighted by Crippen LogP contribution is -2.71. The van der Waals surface area contributed by atoms with Crippen molar-refractivity contribution in [3.63, 3.8) is 0 Å². The van der Waals surface area contributed by atoms with Crippen LogP contribution >= 0.6 is 0 Å². The molecule has 6 saturated carbocycles. The lowest BCUT2D eigenvalue weighted by molar-refractivity contribution is -0.211. The normalized spacial score (nSPS) is 31.0. The molecular weight excluding hydrogens is 569 g/mol. The van der Waals surface area contributed by atoms with Gasteiger partial charge in [-0.25, -0.2) is 4.39 Å². The van der Waals surface area contributed by atoms with Gasteiger partial charge in [-0.05, 0) is 98.6 Å². The van der Waals surface area contributed by atoms with Gasteiger partial charge in [-0.15, -0.1) is 0 Å². The lowest BCUT2D eigenvalue weighted by atomic mass is 9.41. The van der Waals surface area contributed by atoms with E-state index >= 15 is 0 Å². The minimum atomic E-state index is -3.20. The molecule has 6 fully saturated rings. The Labute approximate surface area is 245 Å². The zero-order chi connectivity index (χ0) is 30.3. The highest BCUT2D eigenvalue weighted by atomic mass is 19.3.